The van der Waals surface area contributed by atoms with E-state index in [-0.39, 0.29) is 16.5 Å². The van der Waals surface area contributed by atoms with Crippen molar-refractivity contribution in [2.75, 3.05) is 0 Å². The first-order valence-electron chi connectivity index (χ1n) is 18.9. The molecule has 0 saturated carbocycles. The molecule has 2 rings (SSSR count). The maximum Gasteiger partial charge on any atom is 0.135 e. The van der Waals surface area contributed by atoms with E-state index in [1.807, 2.05) is 0 Å². The second kappa shape index (κ2) is 26.9. The van der Waals surface area contributed by atoms with Crippen LogP contribution in [0.3, 0.4) is 0 Å². The van der Waals surface area contributed by atoms with E-state index < -0.39 is 0 Å². The van der Waals surface area contributed by atoms with Crippen LogP contribution in [0.5, 0.6) is 0 Å². The Morgan fingerprint density at radius 1 is 0.522 bits per heavy atom. The van der Waals surface area contributed by atoms with Gasteiger partial charge in [0.1, 0.15) is 5.71 Å². The van der Waals surface area contributed by atoms with E-state index in [9.17, 15) is 0 Å². The largest absolute Gasteiger partial charge is 0.250 e. The quantitative estimate of drug-likeness (QED) is 0.0487. The Morgan fingerprint density at radius 3 is 1.57 bits per heavy atom. The predicted molar refractivity (Wildman–Crippen MR) is 202 cm³/mol. The molecule has 0 N–H and O–H groups in total. The molecule has 0 aliphatic rings. The number of hydrogen-bond donors (Lipinski definition) is 0. The molecular formula is C43H66N2Ni. The fourth-order valence-corrected chi connectivity index (χ4v) is 5.98. The minimum absolute atomic E-state index is 0. The van der Waals surface area contributed by atoms with Gasteiger partial charge in [0.15, 0.2) is 0 Å². The Labute approximate surface area is 295 Å². The first kappa shape index (κ1) is 41.9. The van der Waals surface area contributed by atoms with Crippen LogP contribution in [0.2, 0.25) is 0 Å². The third kappa shape index (κ3) is 18.8. The van der Waals surface area contributed by atoms with Crippen LogP contribution in [0.4, 0.5) is 11.4 Å². The molecule has 258 valence electrons. The van der Waals surface area contributed by atoms with Gasteiger partial charge in [-0.2, -0.15) is 0 Å². The van der Waals surface area contributed by atoms with Crippen molar-refractivity contribution in [3.8, 4) is 11.8 Å². The summed E-state index contributed by atoms with van der Waals surface area (Å²) in [5.74, 6) is 7.09. The van der Waals surface area contributed by atoms with Crippen LogP contribution in [0.1, 0.15) is 172 Å². The van der Waals surface area contributed by atoms with Crippen molar-refractivity contribution < 1.29 is 16.5 Å². The minimum Gasteiger partial charge on any atom is -0.250 e. The van der Waals surface area contributed by atoms with Crippen LogP contribution in [-0.2, 0) is 29.3 Å². The zero-order chi connectivity index (χ0) is 32.5. The van der Waals surface area contributed by atoms with E-state index in [4.69, 9.17) is 9.98 Å². The summed E-state index contributed by atoms with van der Waals surface area (Å²) in [4.78, 5) is 10.7. The summed E-state index contributed by atoms with van der Waals surface area (Å²) in [5.41, 5.74) is 9.35. The van der Waals surface area contributed by atoms with Gasteiger partial charge in [-0.05, 0) is 111 Å². The van der Waals surface area contributed by atoms with E-state index in [0.29, 0.717) is 0 Å². The van der Waals surface area contributed by atoms with Gasteiger partial charge in [0, 0.05) is 22.9 Å². The summed E-state index contributed by atoms with van der Waals surface area (Å²) in [5, 5.41) is 0. The maximum absolute atomic E-state index is 5.43. The zero-order valence-electron chi connectivity index (χ0n) is 30.5. The molecule has 0 saturated heterocycles. The normalized spacial score (nSPS) is 11.7. The second-order valence-corrected chi connectivity index (χ2v) is 13.3. The molecule has 0 bridgehead atoms. The average Bonchev–Trinajstić information content (AvgIpc) is 3.01. The van der Waals surface area contributed by atoms with Crippen LogP contribution < -0.4 is 0 Å². The predicted octanol–water partition coefficient (Wildman–Crippen LogP) is 13.7. The Kier molecular flexibility index (Phi) is 24.4. The van der Waals surface area contributed by atoms with E-state index in [1.54, 1.807) is 0 Å². The zero-order valence-corrected chi connectivity index (χ0v) is 31.5. The molecule has 0 unspecified atom stereocenters. The standard InChI is InChI=1S/C43H66N2.Ni/c1-7-11-15-17-19-21-25-28-42(44-40-31-36(5)30-37(6)32-40)43(29-24-20-18-16-12-8-2)45-41-34-38(26-22-13-9-3)33-39(35-41)27-23-14-10-4;/h30-35H,7-24,26-27,29H2,1-6H3;. The Morgan fingerprint density at radius 2 is 1.00 bits per heavy atom. The van der Waals surface area contributed by atoms with E-state index in [0.717, 1.165) is 61.3 Å². The smallest absolute Gasteiger partial charge is 0.135 e. The van der Waals surface area contributed by atoms with E-state index >= 15 is 0 Å². The van der Waals surface area contributed by atoms with Crippen LogP contribution in [0.15, 0.2) is 46.4 Å². The van der Waals surface area contributed by atoms with Crippen molar-refractivity contribution in [1.82, 2.24) is 0 Å². The third-order valence-electron chi connectivity index (χ3n) is 8.54. The van der Waals surface area contributed by atoms with Gasteiger partial charge in [-0.3, -0.25) is 4.99 Å². The Bertz CT molecular complexity index is 1160. The summed E-state index contributed by atoms with van der Waals surface area (Å²) in [6, 6.07) is 13.7. The summed E-state index contributed by atoms with van der Waals surface area (Å²) in [6.45, 7) is 13.4. The molecule has 0 amide bonds. The molecule has 2 aromatic rings. The van der Waals surface area contributed by atoms with Gasteiger partial charge in [-0.1, -0.05) is 129 Å². The Balaban J connectivity index is 0.0000106. The Hall–Kier alpha value is -2.17. The van der Waals surface area contributed by atoms with Crippen molar-refractivity contribution in [3.05, 3.63) is 58.7 Å². The van der Waals surface area contributed by atoms with Gasteiger partial charge in [-0.25, -0.2) is 4.99 Å². The number of aryl methyl sites for hydroxylation is 4. The molecular weight excluding hydrogens is 603 g/mol. The molecule has 2 nitrogen and oxygen atoms in total. The van der Waals surface area contributed by atoms with Crippen molar-refractivity contribution in [2.24, 2.45) is 9.98 Å². The summed E-state index contributed by atoms with van der Waals surface area (Å²) in [6.07, 6.45) is 25.6. The van der Waals surface area contributed by atoms with Gasteiger partial charge >= 0.3 is 0 Å². The SMILES string of the molecule is CCCCCCCC#CC(=Nc1cc(C)cc(C)c1)C(CCCCCCCC)=Nc1cc(CCCCC)cc(CCCCC)c1.[Ni]. The van der Waals surface area contributed by atoms with Crippen LogP contribution >= 0.6 is 0 Å². The molecule has 0 aromatic heterocycles. The van der Waals surface area contributed by atoms with Gasteiger partial charge < -0.3 is 0 Å². The fourth-order valence-electron chi connectivity index (χ4n) is 5.98. The van der Waals surface area contributed by atoms with Crippen molar-refractivity contribution in [3.63, 3.8) is 0 Å². The van der Waals surface area contributed by atoms with Gasteiger partial charge in [-0.15, -0.1) is 0 Å². The molecule has 46 heavy (non-hydrogen) atoms. The number of hydrogen-bond acceptors (Lipinski definition) is 2. The minimum atomic E-state index is 0. The van der Waals surface area contributed by atoms with Gasteiger partial charge in [0.2, 0.25) is 0 Å². The molecule has 3 heteroatoms. The van der Waals surface area contributed by atoms with Gasteiger partial charge in [0.25, 0.3) is 0 Å². The van der Waals surface area contributed by atoms with Crippen LogP contribution in [0, 0.1) is 25.7 Å². The van der Waals surface area contributed by atoms with E-state index in [2.05, 4.69) is 89.8 Å². The molecule has 0 spiro atoms. The number of benzene rings is 2. The van der Waals surface area contributed by atoms with Crippen LogP contribution in [0.25, 0.3) is 0 Å². The molecule has 0 radical (unpaired) electrons. The fraction of sp³-hybridized carbons (Fsp3) is 0.628. The molecule has 0 aliphatic carbocycles. The molecule has 0 atom stereocenters. The average molecular weight is 670 g/mol. The van der Waals surface area contributed by atoms with Crippen molar-refractivity contribution in [1.29, 1.82) is 0 Å². The molecule has 0 heterocycles. The monoisotopic (exact) mass is 668 g/mol. The first-order valence-corrected chi connectivity index (χ1v) is 18.9. The first-order chi connectivity index (χ1) is 22.0. The number of aliphatic imine (C=N–C) groups is 2. The van der Waals surface area contributed by atoms with Crippen LogP contribution in [-0.4, -0.2) is 11.4 Å². The third-order valence-corrected chi connectivity index (χ3v) is 8.54. The maximum atomic E-state index is 5.43. The van der Waals surface area contributed by atoms with Crippen molar-refractivity contribution in [2.45, 2.75) is 176 Å². The summed E-state index contributed by atoms with van der Waals surface area (Å²) < 4.78 is 0. The summed E-state index contributed by atoms with van der Waals surface area (Å²) in [7, 11) is 0. The topological polar surface area (TPSA) is 24.7 Å². The molecule has 2 aromatic carbocycles. The number of unbranched alkanes of at least 4 members (excludes halogenated alkanes) is 14. The number of rotatable bonds is 23. The number of nitrogens with zero attached hydrogens (tertiary/aromatic N) is 2. The van der Waals surface area contributed by atoms with Crippen molar-refractivity contribution >= 4 is 22.8 Å². The second-order valence-electron chi connectivity index (χ2n) is 13.3. The molecule has 0 aliphatic heterocycles. The summed E-state index contributed by atoms with van der Waals surface area (Å²) >= 11 is 0. The van der Waals surface area contributed by atoms with Gasteiger partial charge in [0.05, 0.1) is 17.1 Å². The molecule has 0 fully saturated rings. The van der Waals surface area contributed by atoms with E-state index in [1.165, 1.54) is 119 Å².